The van der Waals surface area contributed by atoms with Crippen molar-refractivity contribution in [1.29, 1.82) is 0 Å². The van der Waals surface area contributed by atoms with E-state index in [-0.39, 0.29) is 22.2 Å². The molecule has 0 aliphatic carbocycles. The summed E-state index contributed by atoms with van der Waals surface area (Å²) in [7, 11) is 0. The third kappa shape index (κ3) is 2.36. The van der Waals surface area contributed by atoms with Gasteiger partial charge in [-0.05, 0) is 18.2 Å². The van der Waals surface area contributed by atoms with Crippen molar-refractivity contribution in [1.82, 2.24) is 19.9 Å². The SMILES string of the molecule is O=c1[nH]c(=O)c2cc(-c3ccncn3)c(C(F)(F)F)cc2[nH]1. The Morgan fingerprint density at radius 3 is 2.50 bits per heavy atom. The second-order valence-corrected chi connectivity index (χ2v) is 4.44. The molecule has 2 N–H and O–H groups in total. The van der Waals surface area contributed by atoms with E-state index in [1.807, 2.05) is 4.98 Å². The van der Waals surface area contributed by atoms with Crippen LogP contribution in [-0.2, 0) is 6.18 Å². The number of aromatic nitrogens is 4. The van der Waals surface area contributed by atoms with Crippen LogP contribution < -0.4 is 11.2 Å². The maximum atomic E-state index is 13.2. The summed E-state index contributed by atoms with van der Waals surface area (Å²) in [6.45, 7) is 0. The zero-order chi connectivity index (χ0) is 15.9. The number of alkyl halides is 3. The summed E-state index contributed by atoms with van der Waals surface area (Å²) >= 11 is 0. The fourth-order valence-electron chi connectivity index (χ4n) is 2.11. The molecule has 0 bridgehead atoms. The number of hydrogen-bond donors (Lipinski definition) is 2. The molecule has 1 aromatic carbocycles. The van der Waals surface area contributed by atoms with Crippen LogP contribution in [-0.4, -0.2) is 19.9 Å². The van der Waals surface area contributed by atoms with Gasteiger partial charge in [0.15, 0.2) is 0 Å². The van der Waals surface area contributed by atoms with Crippen LogP contribution in [0.5, 0.6) is 0 Å². The van der Waals surface area contributed by atoms with Crippen LogP contribution >= 0.6 is 0 Å². The Bertz CT molecular complexity index is 961. The summed E-state index contributed by atoms with van der Waals surface area (Å²) in [4.78, 5) is 34.5. The molecule has 2 heterocycles. The summed E-state index contributed by atoms with van der Waals surface area (Å²) < 4.78 is 39.7. The minimum atomic E-state index is -4.67. The number of benzene rings is 1. The zero-order valence-electron chi connectivity index (χ0n) is 10.7. The van der Waals surface area contributed by atoms with E-state index >= 15 is 0 Å². The number of halogens is 3. The van der Waals surface area contributed by atoms with E-state index in [0.717, 1.165) is 18.5 Å². The van der Waals surface area contributed by atoms with Gasteiger partial charge in [-0.2, -0.15) is 13.2 Å². The first kappa shape index (κ1) is 14.0. The summed E-state index contributed by atoms with van der Waals surface area (Å²) in [5.41, 5.74) is -3.09. The summed E-state index contributed by atoms with van der Waals surface area (Å²) in [6.07, 6.45) is -2.27. The summed E-state index contributed by atoms with van der Waals surface area (Å²) in [5, 5.41) is -0.0683. The lowest BCUT2D eigenvalue weighted by atomic mass is 10.0. The minimum absolute atomic E-state index is 0.0230. The van der Waals surface area contributed by atoms with Gasteiger partial charge in [-0.15, -0.1) is 0 Å². The molecule has 9 heteroatoms. The molecular weight excluding hydrogens is 301 g/mol. The largest absolute Gasteiger partial charge is 0.417 e. The van der Waals surface area contributed by atoms with Gasteiger partial charge in [0, 0.05) is 11.8 Å². The predicted molar refractivity (Wildman–Crippen MR) is 71.2 cm³/mol. The number of hydrogen-bond acceptors (Lipinski definition) is 4. The van der Waals surface area contributed by atoms with Crippen molar-refractivity contribution in [2.75, 3.05) is 0 Å². The number of aromatic amines is 2. The van der Waals surface area contributed by atoms with Crippen LogP contribution in [0.4, 0.5) is 13.2 Å². The smallest absolute Gasteiger partial charge is 0.307 e. The second kappa shape index (κ2) is 4.79. The van der Waals surface area contributed by atoms with Gasteiger partial charge in [-0.1, -0.05) is 0 Å². The first-order valence-electron chi connectivity index (χ1n) is 6.00. The number of fused-ring (bicyclic) bond motifs is 1. The van der Waals surface area contributed by atoms with Crippen LogP contribution in [0.2, 0.25) is 0 Å². The van der Waals surface area contributed by atoms with Gasteiger partial charge >= 0.3 is 11.9 Å². The molecule has 0 saturated heterocycles. The highest BCUT2D eigenvalue weighted by atomic mass is 19.4. The molecule has 2 aromatic heterocycles. The molecule has 3 aromatic rings. The fourth-order valence-corrected chi connectivity index (χ4v) is 2.11. The van der Waals surface area contributed by atoms with E-state index < -0.39 is 23.0 Å². The first-order valence-corrected chi connectivity index (χ1v) is 6.00. The molecule has 3 rings (SSSR count). The lowest BCUT2D eigenvalue weighted by molar-refractivity contribution is -0.137. The quantitative estimate of drug-likeness (QED) is 0.715. The highest BCUT2D eigenvalue weighted by Crippen LogP contribution is 2.37. The maximum absolute atomic E-state index is 13.2. The Kier molecular flexibility index (Phi) is 3.05. The number of H-pyrrole nitrogens is 2. The number of nitrogens with one attached hydrogen (secondary N) is 2. The Morgan fingerprint density at radius 1 is 1.09 bits per heavy atom. The van der Waals surface area contributed by atoms with E-state index in [1.165, 1.54) is 12.3 Å². The van der Waals surface area contributed by atoms with Crippen LogP contribution in [0.3, 0.4) is 0 Å². The average molecular weight is 308 g/mol. The second-order valence-electron chi connectivity index (χ2n) is 4.44. The molecule has 6 nitrogen and oxygen atoms in total. The molecule has 0 saturated carbocycles. The van der Waals surface area contributed by atoms with E-state index in [4.69, 9.17) is 0 Å². The predicted octanol–water partition coefficient (Wildman–Crippen LogP) is 1.69. The van der Waals surface area contributed by atoms with E-state index in [9.17, 15) is 22.8 Å². The average Bonchev–Trinajstić information content (AvgIpc) is 2.46. The molecule has 0 radical (unpaired) electrons. The Morgan fingerprint density at radius 2 is 1.86 bits per heavy atom. The Hall–Kier alpha value is -2.97. The topological polar surface area (TPSA) is 91.5 Å². The molecule has 0 amide bonds. The molecule has 0 atom stereocenters. The third-order valence-corrected chi connectivity index (χ3v) is 3.04. The molecule has 0 unspecified atom stereocenters. The van der Waals surface area contributed by atoms with Gasteiger partial charge in [0.25, 0.3) is 5.56 Å². The Labute approximate surface area is 119 Å². The standard InChI is InChI=1S/C13H7F3N4O2/c14-13(15,16)8-4-10-7(11(21)20-12(22)19-10)3-6(8)9-1-2-17-5-18-9/h1-5H,(H2,19,20,21,22). The van der Waals surface area contributed by atoms with E-state index in [0.29, 0.717) is 0 Å². The van der Waals surface area contributed by atoms with Crippen molar-refractivity contribution in [3.8, 4) is 11.3 Å². The normalized spacial score (nSPS) is 11.8. The molecule has 22 heavy (non-hydrogen) atoms. The maximum Gasteiger partial charge on any atom is 0.417 e. The van der Waals surface area contributed by atoms with Crippen molar-refractivity contribution >= 4 is 10.9 Å². The molecule has 0 aliphatic rings. The molecule has 0 fully saturated rings. The Balaban J connectivity index is 2.44. The van der Waals surface area contributed by atoms with E-state index in [1.54, 1.807) is 0 Å². The van der Waals surface area contributed by atoms with Crippen LogP contribution in [0.15, 0.2) is 40.3 Å². The minimum Gasteiger partial charge on any atom is -0.307 e. The number of nitrogens with zero attached hydrogens (tertiary/aromatic N) is 2. The van der Waals surface area contributed by atoms with E-state index in [2.05, 4.69) is 15.0 Å². The monoisotopic (exact) mass is 308 g/mol. The van der Waals surface area contributed by atoms with Gasteiger partial charge in [-0.25, -0.2) is 14.8 Å². The summed E-state index contributed by atoms with van der Waals surface area (Å²) in [5.74, 6) is 0. The van der Waals surface area contributed by atoms with Crippen LogP contribution in [0.1, 0.15) is 5.56 Å². The first-order chi connectivity index (χ1) is 10.4. The van der Waals surface area contributed by atoms with Crippen LogP contribution in [0.25, 0.3) is 22.2 Å². The van der Waals surface area contributed by atoms with Crippen molar-refractivity contribution in [3.05, 3.63) is 57.1 Å². The van der Waals surface area contributed by atoms with Crippen molar-refractivity contribution in [2.24, 2.45) is 0 Å². The highest BCUT2D eigenvalue weighted by molar-refractivity contribution is 5.85. The lowest BCUT2D eigenvalue weighted by Gasteiger charge is -2.13. The third-order valence-electron chi connectivity index (χ3n) is 3.04. The van der Waals surface area contributed by atoms with Crippen LogP contribution in [0, 0.1) is 0 Å². The summed E-state index contributed by atoms with van der Waals surface area (Å²) in [6, 6.07) is 3.08. The molecule has 0 aliphatic heterocycles. The van der Waals surface area contributed by atoms with Crippen molar-refractivity contribution < 1.29 is 13.2 Å². The lowest BCUT2D eigenvalue weighted by Crippen LogP contribution is -2.22. The van der Waals surface area contributed by atoms with Gasteiger partial charge in [0.05, 0.1) is 22.2 Å². The number of rotatable bonds is 1. The van der Waals surface area contributed by atoms with Gasteiger partial charge in [0.1, 0.15) is 6.33 Å². The molecule has 112 valence electrons. The van der Waals surface area contributed by atoms with Gasteiger partial charge < -0.3 is 4.98 Å². The van der Waals surface area contributed by atoms with Gasteiger partial charge in [0.2, 0.25) is 0 Å². The molecular formula is C13H7F3N4O2. The van der Waals surface area contributed by atoms with Crippen molar-refractivity contribution in [2.45, 2.75) is 6.18 Å². The van der Waals surface area contributed by atoms with Crippen molar-refractivity contribution in [3.63, 3.8) is 0 Å². The zero-order valence-corrected chi connectivity index (χ0v) is 10.7. The molecule has 0 spiro atoms. The fraction of sp³-hybridized carbons (Fsp3) is 0.0769. The highest BCUT2D eigenvalue weighted by Gasteiger charge is 2.34. The van der Waals surface area contributed by atoms with Gasteiger partial charge in [-0.3, -0.25) is 9.78 Å².